The summed E-state index contributed by atoms with van der Waals surface area (Å²) in [5.74, 6) is 0. The molecule has 1 aromatic heterocycles. The average Bonchev–Trinajstić information content (AvgIpc) is 2.47. The van der Waals surface area contributed by atoms with Crippen molar-refractivity contribution < 1.29 is 0 Å². The third-order valence-electron chi connectivity index (χ3n) is 3.00. The lowest BCUT2D eigenvalue weighted by Gasteiger charge is -2.06. The second-order valence-corrected chi connectivity index (χ2v) is 4.13. The molecule has 3 rings (SSSR count). The minimum absolute atomic E-state index is 0.431. The van der Waals surface area contributed by atoms with Crippen LogP contribution in [0.15, 0.2) is 54.9 Å². The van der Waals surface area contributed by atoms with E-state index in [1.807, 2.05) is 24.3 Å². The standard InChI is InChI=1S/C15H13N3/c16-9-12-8-15(18-10-17-12)14-7-3-5-11-4-1-2-6-13(11)14/h1-8,10H,9,16H2. The summed E-state index contributed by atoms with van der Waals surface area (Å²) in [7, 11) is 0. The first-order chi connectivity index (χ1) is 8.88. The molecule has 0 bridgehead atoms. The molecule has 0 aliphatic rings. The SMILES string of the molecule is NCc1cc(-c2cccc3ccccc23)ncn1. The summed E-state index contributed by atoms with van der Waals surface area (Å²) in [5, 5.41) is 2.41. The van der Waals surface area contributed by atoms with Gasteiger partial charge in [-0.05, 0) is 16.8 Å². The van der Waals surface area contributed by atoms with Crippen LogP contribution in [0.4, 0.5) is 0 Å². The van der Waals surface area contributed by atoms with Crippen molar-refractivity contribution in [2.45, 2.75) is 6.54 Å². The van der Waals surface area contributed by atoms with Crippen LogP contribution in [0, 0.1) is 0 Å². The highest BCUT2D eigenvalue weighted by molar-refractivity contribution is 5.95. The number of benzene rings is 2. The molecule has 0 atom stereocenters. The Labute approximate surface area is 105 Å². The van der Waals surface area contributed by atoms with E-state index < -0.39 is 0 Å². The van der Waals surface area contributed by atoms with E-state index >= 15 is 0 Å². The molecule has 3 heteroatoms. The van der Waals surface area contributed by atoms with E-state index in [2.05, 4.69) is 34.2 Å². The summed E-state index contributed by atoms with van der Waals surface area (Å²) >= 11 is 0. The summed E-state index contributed by atoms with van der Waals surface area (Å²) in [4.78, 5) is 8.47. The average molecular weight is 235 g/mol. The zero-order chi connectivity index (χ0) is 12.4. The van der Waals surface area contributed by atoms with Gasteiger partial charge in [-0.25, -0.2) is 9.97 Å². The highest BCUT2D eigenvalue weighted by Gasteiger charge is 2.05. The molecular weight excluding hydrogens is 222 g/mol. The predicted molar refractivity (Wildman–Crippen MR) is 72.9 cm³/mol. The van der Waals surface area contributed by atoms with Crippen LogP contribution in [0.2, 0.25) is 0 Å². The lowest BCUT2D eigenvalue weighted by Crippen LogP contribution is -2.00. The van der Waals surface area contributed by atoms with Crippen LogP contribution in [0.3, 0.4) is 0 Å². The minimum atomic E-state index is 0.431. The van der Waals surface area contributed by atoms with Gasteiger partial charge >= 0.3 is 0 Å². The molecule has 2 N–H and O–H groups in total. The number of nitrogens with two attached hydrogens (primary N) is 1. The Bertz CT molecular complexity index is 687. The monoisotopic (exact) mass is 235 g/mol. The van der Waals surface area contributed by atoms with E-state index in [-0.39, 0.29) is 0 Å². The molecule has 0 amide bonds. The van der Waals surface area contributed by atoms with Gasteiger partial charge in [-0.3, -0.25) is 0 Å². The van der Waals surface area contributed by atoms with E-state index in [9.17, 15) is 0 Å². The molecule has 0 unspecified atom stereocenters. The van der Waals surface area contributed by atoms with Gasteiger partial charge in [-0.15, -0.1) is 0 Å². The van der Waals surface area contributed by atoms with Crippen LogP contribution in [0.25, 0.3) is 22.0 Å². The molecule has 0 aliphatic heterocycles. The molecule has 3 aromatic rings. The molecule has 0 aliphatic carbocycles. The van der Waals surface area contributed by atoms with Gasteiger partial charge in [0.2, 0.25) is 0 Å². The van der Waals surface area contributed by atoms with E-state index in [1.54, 1.807) is 6.33 Å². The van der Waals surface area contributed by atoms with Crippen LogP contribution in [-0.2, 0) is 6.54 Å². The van der Waals surface area contributed by atoms with E-state index in [0.717, 1.165) is 17.0 Å². The lowest BCUT2D eigenvalue weighted by molar-refractivity contribution is 0.966. The van der Waals surface area contributed by atoms with Crippen LogP contribution in [0.1, 0.15) is 5.69 Å². The smallest absolute Gasteiger partial charge is 0.116 e. The summed E-state index contributed by atoms with van der Waals surface area (Å²) < 4.78 is 0. The van der Waals surface area contributed by atoms with Crippen LogP contribution in [0.5, 0.6) is 0 Å². The molecule has 0 radical (unpaired) electrons. The lowest BCUT2D eigenvalue weighted by atomic mass is 10.0. The molecule has 18 heavy (non-hydrogen) atoms. The van der Waals surface area contributed by atoms with Crippen molar-refractivity contribution in [3.8, 4) is 11.3 Å². The van der Waals surface area contributed by atoms with E-state index in [0.29, 0.717) is 6.54 Å². The molecule has 0 saturated heterocycles. The maximum atomic E-state index is 5.62. The first-order valence-corrected chi connectivity index (χ1v) is 5.87. The van der Waals surface area contributed by atoms with Gasteiger partial charge in [0.1, 0.15) is 6.33 Å². The van der Waals surface area contributed by atoms with Crippen LogP contribution >= 0.6 is 0 Å². The second kappa shape index (κ2) is 4.55. The number of aromatic nitrogens is 2. The molecule has 0 saturated carbocycles. The Morgan fingerprint density at radius 3 is 2.67 bits per heavy atom. The van der Waals surface area contributed by atoms with Crippen molar-refractivity contribution >= 4 is 10.8 Å². The second-order valence-electron chi connectivity index (χ2n) is 4.13. The fourth-order valence-corrected chi connectivity index (χ4v) is 2.11. The van der Waals surface area contributed by atoms with Crippen molar-refractivity contribution in [2.75, 3.05) is 0 Å². The first-order valence-electron chi connectivity index (χ1n) is 5.87. The topological polar surface area (TPSA) is 51.8 Å². The fourth-order valence-electron chi connectivity index (χ4n) is 2.11. The van der Waals surface area contributed by atoms with Gasteiger partial charge in [0.15, 0.2) is 0 Å². The molecule has 0 spiro atoms. The molecule has 0 fully saturated rings. The van der Waals surface area contributed by atoms with Gasteiger partial charge in [0.25, 0.3) is 0 Å². The number of rotatable bonds is 2. The van der Waals surface area contributed by atoms with Gasteiger partial charge in [-0.2, -0.15) is 0 Å². The quantitative estimate of drug-likeness (QED) is 0.743. The summed E-state index contributed by atoms with van der Waals surface area (Å²) in [6.45, 7) is 0.431. The van der Waals surface area contributed by atoms with E-state index in [4.69, 9.17) is 5.73 Å². The maximum absolute atomic E-state index is 5.62. The normalized spacial score (nSPS) is 10.7. The number of nitrogens with zero attached hydrogens (tertiary/aromatic N) is 2. The molecule has 3 nitrogen and oxygen atoms in total. The number of hydrogen-bond acceptors (Lipinski definition) is 3. The zero-order valence-corrected chi connectivity index (χ0v) is 9.88. The van der Waals surface area contributed by atoms with Gasteiger partial charge < -0.3 is 5.73 Å². The Morgan fingerprint density at radius 1 is 0.944 bits per heavy atom. The van der Waals surface area contributed by atoms with E-state index in [1.165, 1.54) is 10.8 Å². The van der Waals surface area contributed by atoms with Crippen molar-refractivity contribution in [1.29, 1.82) is 0 Å². The zero-order valence-electron chi connectivity index (χ0n) is 9.88. The minimum Gasteiger partial charge on any atom is -0.325 e. The Kier molecular flexibility index (Phi) is 2.74. The highest BCUT2D eigenvalue weighted by atomic mass is 14.8. The molecular formula is C15H13N3. The van der Waals surface area contributed by atoms with Gasteiger partial charge in [-0.1, -0.05) is 42.5 Å². The third-order valence-corrected chi connectivity index (χ3v) is 3.00. The predicted octanol–water partition coefficient (Wildman–Crippen LogP) is 2.76. The largest absolute Gasteiger partial charge is 0.325 e. The van der Waals surface area contributed by atoms with Crippen molar-refractivity contribution in [1.82, 2.24) is 9.97 Å². The van der Waals surface area contributed by atoms with Crippen molar-refractivity contribution in [3.63, 3.8) is 0 Å². The Balaban J connectivity index is 2.24. The summed E-state index contributed by atoms with van der Waals surface area (Å²) in [6.07, 6.45) is 1.57. The molecule has 88 valence electrons. The summed E-state index contributed by atoms with van der Waals surface area (Å²) in [5.41, 5.74) is 8.51. The highest BCUT2D eigenvalue weighted by Crippen LogP contribution is 2.26. The molecule has 2 aromatic carbocycles. The maximum Gasteiger partial charge on any atom is 0.116 e. The Morgan fingerprint density at radius 2 is 1.78 bits per heavy atom. The molecule has 1 heterocycles. The van der Waals surface area contributed by atoms with Crippen LogP contribution in [-0.4, -0.2) is 9.97 Å². The summed E-state index contributed by atoms with van der Waals surface area (Å²) in [6, 6.07) is 16.4. The van der Waals surface area contributed by atoms with Crippen molar-refractivity contribution in [3.05, 3.63) is 60.6 Å². The van der Waals surface area contributed by atoms with Crippen LogP contribution < -0.4 is 5.73 Å². The number of hydrogen-bond donors (Lipinski definition) is 1. The fraction of sp³-hybridized carbons (Fsp3) is 0.0667. The number of fused-ring (bicyclic) bond motifs is 1. The third kappa shape index (κ3) is 1.85. The van der Waals surface area contributed by atoms with Gasteiger partial charge in [0.05, 0.1) is 11.4 Å². The Hall–Kier alpha value is -2.26. The van der Waals surface area contributed by atoms with Crippen molar-refractivity contribution in [2.24, 2.45) is 5.73 Å². The van der Waals surface area contributed by atoms with Gasteiger partial charge in [0, 0.05) is 12.1 Å². The first kappa shape index (κ1) is 10.9.